The first kappa shape index (κ1) is 17.8. The summed E-state index contributed by atoms with van der Waals surface area (Å²) in [5.41, 5.74) is 5.20. The van der Waals surface area contributed by atoms with Crippen molar-refractivity contribution in [1.82, 2.24) is 4.98 Å². The zero-order valence-electron chi connectivity index (χ0n) is 14.3. The van der Waals surface area contributed by atoms with Crippen molar-refractivity contribution in [3.8, 4) is 21.8 Å². The lowest BCUT2D eigenvalue weighted by Crippen LogP contribution is -1.81. The first-order chi connectivity index (χ1) is 13.2. The molecule has 0 saturated heterocycles. The Balaban J connectivity index is 1.53. The van der Waals surface area contributed by atoms with Crippen LogP contribution in [-0.4, -0.2) is 4.98 Å². The van der Waals surface area contributed by atoms with Crippen molar-refractivity contribution in [2.24, 2.45) is 0 Å². The molecule has 3 aromatic carbocycles. The Bertz CT molecular complexity index is 1080. The number of thiazole rings is 1. The fourth-order valence-corrected chi connectivity index (χ4v) is 3.94. The molecule has 0 unspecified atom stereocenters. The molecule has 0 aliphatic carbocycles. The molecule has 0 amide bonds. The average molecular weight is 436 g/mol. The van der Waals surface area contributed by atoms with Gasteiger partial charge in [-0.3, -0.25) is 0 Å². The van der Waals surface area contributed by atoms with Crippen molar-refractivity contribution in [2.45, 2.75) is 0 Å². The third-order valence-corrected chi connectivity index (χ3v) is 5.78. The molecule has 4 heteroatoms. The molecular weight excluding hydrogens is 421 g/mol. The summed E-state index contributed by atoms with van der Waals surface area (Å²) in [5, 5.41) is 2.92. The molecule has 0 aliphatic heterocycles. The molecule has 0 N–H and O–H groups in total. The van der Waals surface area contributed by atoms with Crippen LogP contribution in [0.5, 0.6) is 0 Å². The van der Waals surface area contributed by atoms with Crippen molar-refractivity contribution in [2.75, 3.05) is 0 Å². The van der Waals surface area contributed by atoms with Crippen LogP contribution in [0.15, 0.2) is 82.6 Å². The minimum Gasteiger partial charge on any atom is -0.236 e. The van der Waals surface area contributed by atoms with Crippen LogP contribution in [0.1, 0.15) is 11.1 Å². The topological polar surface area (TPSA) is 12.9 Å². The van der Waals surface area contributed by atoms with Gasteiger partial charge in [-0.2, -0.15) is 0 Å². The number of aromatic nitrogens is 1. The average Bonchev–Trinajstić information content (AvgIpc) is 3.18. The van der Waals surface area contributed by atoms with Gasteiger partial charge in [0.2, 0.25) is 0 Å². The van der Waals surface area contributed by atoms with E-state index in [2.05, 4.69) is 63.4 Å². The van der Waals surface area contributed by atoms with Crippen molar-refractivity contribution in [1.29, 1.82) is 0 Å². The highest BCUT2D eigenvalue weighted by Crippen LogP contribution is 2.29. The molecule has 0 radical (unpaired) electrons. The maximum absolute atomic E-state index is 13.1. The Kier molecular flexibility index (Phi) is 5.28. The quantitative estimate of drug-likeness (QED) is 0.301. The second kappa shape index (κ2) is 7.99. The van der Waals surface area contributed by atoms with Gasteiger partial charge in [0.05, 0.1) is 5.69 Å². The number of halogens is 2. The van der Waals surface area contributed by atoms with Gasteiger partial charge in [-0.15, -0.1) is 11.3 Å². The van der Waals surface area contributed by atoms with Crippen LogP contribution in [0, 0.1) is 5.82 Å². The highest BCUT2D eigenvalue weighted by atomic mass is 79.9. The van der Waals surface area contributed by atoms with Gasteiger partial charge in [-0.05, 0) is 41.5 Å². The van der Waals surface area contributed by atoms with Gasteiger partial charge in [0, 0.05) is 21.0 Å². The summed E-state index contributed by atoms with van der Waals surface area (Å²) in [7, 11) is 0. The van der Waals surface area contributed by atoms with Crippen molar-refractivity contribution < 1.29 is 4.39 Å². The highest BCUT2D eigenvalue weighted by Gasteiger charge is 2.07. The Hall–Kier alpha value is -2.56. The van der Waals surface area contributed by atoms with E-state index in [0.717, 1.165) is 37.4 Å². The Morgan fingerprint density at radius 2 is 1.52 bits per heavy atom. The molecule has 4 aromatic rings. The van der Waals surface area contributed by atoms with Crippen LogP contribution in [0.3, 0.4) is 0 Å². The summed E-state index contributed by atoms with van der Waals surface area (Å²) in [6, 6.07) is 22.9. The van der Waals surface area contributed by atoms with Crippen LogP contribution >= 0.6 is 27.3 Å². The van der Waals surface area contributed by atoms with Gasteiger partial charge in [-0.1, -0.05) is 70.5 Å². The lowest BCUT2D eigenvalue weighted by atomic mass is 10.1. The molecule has 1 heterocycles. The van der Waals surface area contributed by atoms with Crippen molar-refractivity contribution in [3.63, 3.8) is 0 Å². The summed E-state index contributed by atoms with van der Waals surface area (Å²) >= 11 is 5.12. The third-order valence-electron chi connectivity index (χ3n) is 4.16. The summed E-state index contributed by atoms with van der Waals surface area (Å²) in [6.07, 6.45) is 4.18. The van der Waals surface area contributed by atoms with Gasteiger partial charge in [-0.25, -0.2) is 9.37 Å². The Morgan fingerprint density at radius 3 is 2.26 bits per heavy atom. The van der Waals surface area contributed by atoms with E-state index < -0.39 is 0 Å². The van der Waals surface area contributed by atoms with Crippen LogP contribution in [0.2, 0.25) is 0 Å². The van der Waals surface area contributed by atoms with E-state index in [1.807, 2.05) is 23.6 Å². The van der Waals surface area contributed by atoms with E-state index in [0.29, 0.717) is 0 Å². The lowest BCUT2D eigenvalue weighted by Gasteiger charge is -2.00. The molecule has 132 valence electrons. The van der Waals surface area contributed by atoms with E-state index in [4.69, 9.17) is 0 Å². The first-order valence-corrected chi connectivity index (χ1v) is 10.1. The fraction of sp³-hybridized carbons (Fsp3) is 0. The molecule has 0 aliphatic rings. The molecule has 27 heavy (non-hydrogen) atoms. The molecule has 0 saturated carbocycles. The zero-order chi connectivity index (χ0) is 18.6. The van der Waals surface area contributed by atoms with Crippen LogP contribution in [0.4, 0.5) is 4.39 Å². The van der Waals surface area contributed by atoms with E-state index in [-0.39, 0.29) is 5.82 Å². The second-order valence-electron chi connectivity index (χ2n) is 6.02. The normalized spacial score (nSPS) is 11.2. The lowest BCUT2D eigenvalue weighted by molar-refractivity contribution is 0.628. The highest BCUT2D eigenvalue weighted by molar-refractivity contribution is 9.10. The van der Waals surface area contributed by atoms with E-state index in [1.54, 1.807) is 23.5 Å². The number of nitrogens with zero attached hydrogens (tertiary/aromatic N) is 1. The molecule has 1 aromatic heterocycles. The molecular formula is C23H15BrFNS. The monoisotopic (exact) mass is 435 g/mol. The van der Waals surface area contributed by atoms with Crippen LogP contribution < -0.4 is 0 Å². The standard InChI is InChI=1S/C23H15BrFNS/c24-21-4-2-1-3-17(21)8-5-16-6-9-18(10-7-16)22-15-27-23(26-22)19-11-13-20(25)14-12-19/h1-15H/b8-5+. The largest absolute Gasteiger partial charge is 0.236 e. The predicted octanol–water partition coefficient (Wildman–Crippen LogP) is 7.55. The summed E-state index contributed by atoms with van der Waals surface area (Å²) < 4.78 is 14.2. The summed E-state index contributed by atoms with van der Waals surface area (Å²) in [6.45, 7) is 0. The smallest absolute Gasteiger partial charge is 0.124 e. The number of benzene rings is 3. The fourth-order valence-electron chi connectivity index (χ4n) is 2.69. The molecule has 0 spiro atoms. The molecule has 0 atom stereocenters. The number of rotatable bonds is 4. The first-order valence-electron chi connectivity index (χ1n) is 8.43. The maximum Gasteiger partial charge on any atom is 0.124 e. The Labute approximate surface area is 170 Å². The van der Waals surface area contributed by atoms with E-state index in [9.17, 15) is 4.39 Å². The number of hydrogen-bond donors (Lipinski definition) is 0. The SMILES string of the molecule is Fc1ccc(-c2nc(-c3ccc(/C=C/c4ccccc4Br)cc3)cs2)cc1. The molecule has 4 rings (SSSR count). The summed E-state index contributed by atoms with van der Waals surface area (Å²) in [5.74, 6) is -0.235. The van der Waals surface area contributed by atoms with Gasteiger partial charge in [0.1, 0.15) is 10.8 Å². The number of hydrogen-bond acceptors (Lipinski definition) is 2. The maximum atomic E-state index is 13.1. The third kappa shape index (κ3) is 4.24. The van der Waals surface area contributed by atoms with Gasteiger partial charge in [0.15, 0.2) is 0 Å². The van der Waals surface area contributed by atoms with E-state index in [1.165, 1.54) is 12.1 Å². The van der Waals surface area contributed by atoms with Crippen molar-refractivity contribution in [3.05, 3.63) is 99.6 Å². The molecule has 1 nitrogen and oxygen atoms in total. The van der Waals surface area contributed by atoms with Gasteiger partial charge >= 0.3 is 0 Å². The minimum atomic E-state index is -0.235. The Morgan fingerprint density at radius 1 is 0.815 bits per heavy atom. The van der Waals surface area contributed by atoms with Crippen LogP contribution in [-0.2, 0) is 0 Å². The predicted molar refractivity (Wildman–Crippen MR) is 116 cm³/mol. The summed E-state index contributed by atoms with van der Waals surface area (Å²) in [4.78, 5) is 4.69. The molecule has 0 fully saturated rings. The van der Waals surface area contributed by atoms with E-state index >= 15 is 0 Å². The van der Waals surface area contributed by atoms with Gasteiger partial charge in [0.25, 0.3) is 0 Å². The second-order valence-corrected chi connectivity index (χ2v) is 7.73. The zero-order valence-corrected chi connectivity index (χ0v) is 16.7. The minimum absolute atomic E-state index is 0.235. The van der Waals surface area contributed by atoms with Gasteiger partial charge < -0.3 is 0 Å². The molecule has 0 bridgehead atoms. The van der Waals surface area contributed by atoms with Crippen molar-refractivity contribution >= 4 is 39.4 Å². The van der Waals surface area contributed by atoms with Crippen LogP contribution in [0.25, 0.3) is 34.0 Å².